The molecule has 3 heteroatoms. The highest BCUT2D eigenvalue weighted by Gasteiger charge is 2.25. The third-order valence-electron chi connectivity index (χ3n) is 8.37. The summed E-state index contributed by atoms with van der Waals surface area (Å²) in [6.07, 6.45) is 1.89. The summed E-state index contributed by atoms with van der Waals surface area (Å²) in [6, 6.07) is 52.2. The first-order valence-corrected chi connectivity index (χ1v) is 17.0. The van der Waals surface area contributed by atoms with Gasteiger partial charge in [0, 0.05) is 23.0 Å². The van der Waals surface area contributed by atoms with Crippen LogP contribution in [0.5, 0.6) is 0 Å². The van der Waals surface area contributed by atoms with Gasteiger partial charge in [0.25, 0.3) is 0 Å². The molecule has 0 fully saturated rings. The van der Waals surface area contributed by atoms with Gasteiger partial charge in [-0.15, -0.1) is 0 Å². The van der Waals surface area contributed by atoms with E-state index in [0.29, 0.717) is 0 Å². The molecule has 0 aliphatic carbocycles. The Balaban J connectivity index is 1.33. The summed E-state index contributed by atoms with van der Waals surface area (Å²) in [5.41, 5.74) is 3.39. The molecule has 0 bridgehead atoms. The fourth-order valence-electron chi connectivity index (χ4n) is 6.26. The van der Waals surface area contributed by atoms with Crippen LogP contribution in [0.3, 0.4) is 0 Å². The number of pyridine rings is 1. The van der Waals surface area contributed by atoms with E-state index in [-0.39, 0.29) is 0 Å². The molecule has 8 rings (SSSR count). The van der Waals surface area contributed by atoms with E-state index in [1.54, 1.807) is 0 Å². The van der Waals surface area contributed by atoms with E-state index in [0.717, 1.165) is 10.9 Å². The predicted molar refractivity (Wildman–Crippen MR) is 186 cm³/mol. The van der Waals surface area contributed by atoms with Crippen LogP contribution in [0.4, 0.5) is 0 Å². The van der Waals surface area contributed by atoms with E-state index in [4.69, 9.17) is 16.8 Å². The minimum absolute atomic E-state index is 1.03. The van der Waals surface area contributed by atoms with Crippen LogP contribution >= 0.6 is 6.04 Å². The molecular weight excluding hydrogens is 545 g/mol. The molecule has 1 heterocycles. The van der Waals surface area contributed by atoms with Gasteiger partial charge in [0.15, 0.2) is 0 Å². The maximum absolute atomic E-state index is 6.72. The Morgan fingerprint density at radius 1 is 0.429 bits per heavy atom. The van der Waals surface area contributed by atoms with Crippen LogP contribution in [0.1, 0.15) is 0 Å². The highest BCUT2D eigenvalue weighted by molar-refractivity contribution is 8.25. The molecule has 0 N–H and O–H groups in total. The van der Waals surface area contributed by atoms with Gasteiger partial charge in [-0.1, -0.05) is 145 Å². The SMILES string of the molecule is S=P(c1ccccc1)(c1ccc(-c2cc3c4ccccc4ccc3c3ncccc23)cc1)c1ccc2ccccc2c1. The van der Waals surface area contributed by atoms with Crippen molar-refractivity contribution in [3.63, 3.8) is 0 Å². The van der Waals surface area contributed by atoms with Gasteiger partial charge in [0.1, 0.15) is 0 Å². The molecule has 7 aromatic carbocycles. The van der Waals surface area contributed by atoms with Crippen LogP contribution < -0.4 is 15.9 Å². The summed E-state index contributed by atoms with van der Waals surface area (Å²) < 4.78 is 0. The van der Waals surface area contributed by atoms with Gasteiger partial charge >= 0.3 is 0 Å². The zero-order valence-corrected chi connectivity index (χ0v) is 24.5. The van der Waals surface area contributed by atoms with Gasteiger partial charge in [-0.05, 0) is 72.2 Å². The third kappa shape index (κ3) is 3.99. The van der Waals surface area contributed by atoms with Crippen LogP contribution in [-0.4, -0.2) is 4.98 Å². The number of aromatic nitrogens is 1. The molecule has 0 aliphatic heterocycles. The van der Waals surface area contributed by atoms with Crippen molar-refractivity contribution in [2.75, 3.05) is 0 Å². The molecule has 8 aromatic rings. The predicted octanol–water partition coefficient (Wildman–Crippen LogP) is 9.12. The van der Waals surface area contributed by atoms with Crippen molar-refractivity contribution in [2.45, 2.75) is 0 Å². The number of nitrogens with zero attached hydrogens (tertiary/aromatic N) is 1. The van der Waals surface area contributed by atoms with Gasteiger partial charge in [0.2, 0.25) is 0 Å². The molecule has 42 heavy (non-hydrogen) atoms. The lowest BCUT2D eigenvalue weighted by molar-refractivity contribution is 1.43. The van der Waals surface area contributed by atoms with Gasteiger partial charge in [-0.25, -0.2) is 0 Å². The maximum atomic E-state index is 6.72. The van der Waals surface area contributed by atoms with Gasteiger partial charge < -0.3 is 0 Å². The maximum Gasteiger partial charge on any atom is 0.0786 e. The van der Waals surface area contributed by atoms with Crippen LogP contribution in [0.25, 0.3) is 54.3 Å². The second kappa shape index (κ2) is 10.0. The van der Waals surface area contributed by atoms with Crippen molar-refractivity contribution in [1.82, 2.24) is 4.98 Å². The minimum atomic E-state index is -2.29. The Kier molecular flexibility index (Phi) is 6.00. The molecule has 0 amide bonds. The average Bonchev–Trinajstić information content (AvgIpc) is 3.07. The molecule has 0 saturated heterocycles. The Hall–Kier alpha value is -4.62. The summed E-state index contributed by atoms with van der Waals surface area (Å²) in [6.45, 7) is 0. The van der Waals surface area contributed by atoms with Crippen molar-refractivity contribution in [3.05, 3.63) is 158 Å². The first-order valence-electron chi connectivity index (χ1n) is 14.2. The van der Waals surface area contributed by atoms with Crippen molar-refractivity contribution in [1.29, 1.82) is 0 Å². The van der Waals surface area contributed by atoms with Crippen molar-refractivity contribution >= 4 is 77.0 Å². The van der Waals surface area contributed by atoms with Gasteiger partial charge in [-0.3, -0.25) is 4.98 Å². The van der Waals surface area contributed by atoms with Gasteiger partial charge in [0.05, 0.1) is 5.52 Å². The number of hydrogen-bond acceptors (Lipinski definition) is 2. The zero-order chi connectivity index (χ0) is 28.1. The summed E-state index contributed by atoms with van der Waals surface area (Å²) in [5.74, 6) is 0. The number of rotatable bonds is 4. The largest absolute Gasteiger partial charge is 0.256 e. The lowest BCUT2D eigenvalue weighted by atomic mass is 9.93. The van der Waals surface area contributed by atoms with E-state index < -0.39 is 6.04 Å². The Bertz CT molecular complexity index is 2320. The number of hydrogen-bond donors (Lipinski definition) is 0. The first-order chi connectivity index (χ1) is 20.7. The monoisotopic (exact) mass is 571 g/mol. The van der Waals surface area contributed by atoms with Crippen LogP contribution in [-0.2, 0) is 11.8 Å². The molecule has 0 aliphatic rings. The van der Waals surface area contributed by atoms with E-state index >= 15 is 0 Å². The van der Waals surface area contributed by atoms with E-state index in [1.807, 2.05) is 12.3 Å². The topological polar surface area (TPSA) is 12.9 Å². The van der Waals surface area contributed by atoms with Gasteiger partial charge in [-0.2, -0.15) is 0 Å². The summed E-state index contributed by atoms with van der Waals surface area (Å²) in [5, 5.41) is 12.1. The Labute approximate surface area is 250 Å². The summed E-state index contributed by atoms with van der Waals surface area (Å²) >= 11 is 6.72. The highest BCUT2D eigenvalue weighted by Crippen LogP contribution is 2.44. The second-order valence-corrected chi connectivity index (χ2v) is 15.1. The lowest BCUT2D eigenvalue weighted by Gasteiger charge is -2.25. The second-order valence-electron chi connectivity index (χ2n) is 10.7. The standard InChI is InChI=1S/C39H26NPS/c42-41(31-12-2-1-3-13-31,33-22-16-27-9-4-5-11-30(27)25-33)32-20-17-29(18-21-32)37-26-38-34-14-7-6-10-28(34)19-23-36(38)39-35(37)15-8-24-40-39/h1-26H. The van der Waals surface area contributed by atoms with E-state index in [9.17, 15) is 0 Å². The fourth-order valence-corrected chi connectivity index (χ4v) is 10.00. The molecule has 0 radical (unpaired) electrons. The molecule has 1 unspecified atom stereocenters. The van der Waals surface area contributed by atoms with E-state index in [2.05, 4.69) is 146 Å². The van der Waals surface area contributed by atoms with E-state index in [1.165, 1.54) is 59.4 Å². The normalized spacial score (nSPS) is 13.0. The van der Waals surface area contributed by atoms with Crippen LogP contribution in [0.2, 0.25) is 0 Å². The molecule has 1 nitrogen and oxygen atoms in total. The Morgan fingerprint density at radius 3 is 1.90 bits per heavy atom. The average molecular weight is 572 g/mol. The van der Waals surface area contributed by atoms with Crippen LogP contribution in [0, 0.1) is 0 Å². The van der Waals surface area contributed by atoms with Crippen LogP contribution in [0.15, 0.2) is 158 Å². The molecule has 198 valence electrons. The highest BCUT2D eigenvalue weighted by atomic mass is 32.4. The molecule has 1 atom stereocenters. The number of fused-ring (bicyclic) bond motifs is 6. The molecule has 0 spiro atoms. The summed E-state index contributed by atoms with van der Waals surface area (Å²) in [7, 11) is 0. The first kappa shape index (κ1) is 25.1. The lowest BCUT2D eigenvalue weighted by Crippen LogP contribution is -2.24. The Morgan fingerprint density at radius 2 is 1.07 bits per heavy atom. The molecule has 0 saturated carbocycles. The van der Waals surface area contributed by atoms with Crippen molar-refractivity contribution in [2.24, 2.45) is 0 Å². The molecular formula is C39H26NPS. The minimum Gasteiger partial charge on any atom is -0.256 e. The summed E-state index contributed by atoms with van der Waals surface area (Å²) in [4.78, 5) is 4.85. The van der Waals surface area contributed by atoms with Crippen molar-refractivity contribution in [3.8, 4) is 11.1 Å². The molecule has 1 aromatic heterocycles. The fraction of sp³-hybridized carbons (Fsp3) is 0. The van der Waals surface area contributed by atoms with Crippen molar-refractivity contribution < 1.29 is 0 Å². The third-order valence-corrected chi connectivity index (χ3v) is 13.3. The quantitative estimate of drug-likeness (QED) is 0.154. The number of benzene rings is 7. The smallest absolute Gasteiger partial charge is 0.0786 e. The zero-order valence-electron chi connectivity index (χ0n) is 22.8.